The van der Waals surface area contributed by atoms with Crippen LogP contribution in [0.25, 0.3) is 0 Å². The molecule has 4 nitrogen and oxygen atoms in total. The lowest BCUT2D eigenvalue weighted by Crippen LogP contribution is -2.57. The van der Waals surface area contributed by atoms with E-state index < -0.39 is 0 Å². The number of halogens is 1. The third kappa shape index (κ3) is 2.31. The topological polar surface area (TPSA) is 37.3 Å². The molecule has 1 N–H and O–H groups in total. The number of aromatic nitrogens is 1. The first-order valence-electron chi connectivity index (χ1n) is 7.61. The molecule has 0 spiro atoms. The van der Waals surface area contributed by atoms with Gasteiger partial charge in [0.1, 0.15) is 5.69 Å². The van der Waals surface area contributed by atoms with Crippen molar-refractivity contribution < 1.29 is 4.79 Å². The Labute approximate surface area is 127 Å². The van der Waals surface area contributed by atoms with Gasteiger partial charge in [0.05, 0.1) is 0 Å². The Hall–Kier alpha value is -0.810. The molecule has 0 aromatic carbocycles. The average Bonchev–Trinajstić information content (AvgIpc) is 3.23. The third-order valence-corrected chi connectivity index (χ3v) is 5.39. The molecule has 1 aromatic heterocycles. The molecular weight excluding hydrogens is 318 g/mol. The highest BCUT2D eigenvalue weighted by molar-refractivity contribution is 9.10. The van der Waals surface area contributed by atoms with Gasteiger partial charge in [0.25, 0.3) is 5.91 Å². The smallest absolute Gasteiger partial charge is 0.268 e. The Morgan fingerprint density at radius 2 is 2.00 bits per heavy atom. The van der Waals surface area contributed by atoms with Crippen LogP contribution in [0.1, 0.15) is 42.2 Å². The highest BCUT2D eigenvalue weighted by Gasteiger charge is 2.36. The van der Waals surface area contributed by atoms with Crippen molar-refractivity contribution in [1.29, 1.82) is 0 Å². The third-order valence-electron chi connectivity index (χ3n) is 4.96. The lowest BCUT2D eigenvalue weighted by Gasteiger charge is -2.44. The summed E-state index contributed by atoms with van der Waals surface area (Å²) in [6, 6.07) is 2.83. The average molecular weight is 338 g/mol. The number of hydrogen-bond donors (Lipinski definition) is 1. The number of carbonyl (C=O) groups is 1. The molecule has 1 amide bonds. The molecule has 108 valence electrons. The van der Waals surface area contributed by atoms with Crippen molar-refractivity contribution in [1.82, 2.24) is 14.8 Å². The Kier molecular flexibility index (Phi) is 3.15. The standard InChI is InChI=1S/C15H20BrN3O/c16-11-7-14(19(8-11)12-1-2-12)15(20)17-13-9-18-5-3-10(13)4-6-18/h7-8,10,12-13H,1-6,9H2,(H,17,20). The molecule has 5 rings (SSSR count). The summed E-state index contributed by atoms with van der Waals surface area (Å²) in [4.78, 5) is 15.1. The van der Waals surface area contributed by atoms with Crippen LogP contribution in [-0.2, 0) is 0 Å². The van der Waals surface area contributed by atoms with Crippen LogP contribution < -0.4 is 5.32 Å². The van der Waals surface area contributed by atoms with Gasteiger partial charge in [-0.2, -0.15) is 0 Å². The molecule has 2 bridgehead atoms. The summed E-state index contributed by atoms with van der Waals surface area (Å²) in [6.45, 7) is 3.45. The quantitative estimate of drug-likeness (QED) is 0.919. The Balaban J connectivity index is 1.50. The van der Waals surface area contributed by atoms with Crippen LogP contribution in [-0.4, -0.2) is 41.1 Å². The number of rotatable bonds is 3. The van der Waals surface area contributed by atoms with E-state index in [1.54, 1.807) is 0 Å². The molecule has 4 heterocycles. The second-order valence-corrected chi connectivity index (χ2v) is 7.32. The maximum atomic E-state index is 12.6. The molecule has 3 aliphatic heterocycles. The predicted octanol–water partition coefficient (Wildman–Crippen LogP) is 2.41. The maximum Gasteiger partial charge on any atom is 0.268 e. The predicted molar refractivity (Wildman–Crippen MR) is 80.8 cm³/mol. The first kappa shape index (κ1) is 12.9. The zero-order chi connectivity index (χ0) is 13.7. The minimum Gasteiger partial charge on any atom is -0.346 e. The van der Waals surface area contributed by atoms with Crippen molar-refractivity contribution in [3.05, 3.63) is 22.4 Å². The van der Waals surface area contributed by atoms with Crippen LogP contribution in [0.3, 0.4) is 0 Å². The number of nitrogens with zero attached hydrogens (tertiary/aromatic N) is 2. The van der Waals surface area contributed by atoms with E-state index in [0.717, 1.165) is 16.7 Å². The number of carbonyl (C=O) groups excluding carboxylic acids is 1. The molecule has 1 unspecified atom stereocenters. The SMILES string of the molecule is O=C(NC1CN2CCC1CC2)c1cc(Br)cn1C1CC1. The van der Waals surface area contributed by atoms with Crippen LogP contribution in [0.4, 0.5) is 0 Å². The summed E-state index contributed by atoms with van der Waals surface area (Å²) < 4.78 is 3.14. The molecule has 5 heteroatoms. The summed E-state index contributed by atoms with van der Waals surface area (Å²) in [5.41, 5.74) is 0.816. The molecule has 4 fully saturated rings. The molecule has 20 heavy (non-hydrogen) atoms. The van der Waals surface area contributed by atoms with Gasteiger partial charge in [0.15, 0.2) is 0 Å². The van der Waals surface area contributed by atoms with Crippen molar-refractivity contribution >= 4 is 21.8 Å². The van der Waals surface area contributed by atoms with Gasteiger partial charge in [-0.15, -0.1) is 0 Å². The van der Waals surface area contributed by atoms with Gasteiger partial charge in [0.2, 0.25) is 0 Å². The van der Waals surface area contributed by atoms with Crippen molar-refractivity contribution in [3.63, 3.8) is 0 Å². The van der Waals surface area contributed by atoms with Crippen LogP contribution in [0.2, 0.25) is 0 Å². The Bertz CT molecular complexity index is 529. The Morgan fingerprint density at radius 1 is 1.25 bits per heavy atom. The monoisotopic (exact) mass is 337 g/mol. The first-order chi connectivity index (χ1) is 9.70. The van der Waals surface area contributed by atoms with Crippen molar-refractivity contribution in [2.75, 3.05) is 19.6 Å². The molecule has 0 radical (unpaired) electrons. The van der Waals surface area contributed by atoms with E-state index in [4.69, 9.17) is 0 Å². The van der Waals surface area contributed by atoms with Crippen molar-refractivity contribution in [2.24, 2.45) is 5.92 Å². The van der Waals surface area contributed by atoms with Gasteiger partial charge in [-0.05, 0) is 66.7 Å². The summed E-state index contributed by atoms with van der Waals surface area (Å²) in [5, 5.41) is 3.28. The minimum atomic E-state index is 0.0985. The second kappa shape index (κ2) is 4.88. The Morgan fingerprint density at radius 3 is 2.60 bits per heavy atom. The first-order valence-corrected chi connectivity index (χ1v) is 8.40. The number of fused-ring (bicyclic) bond motifs is 3. The number of nitrogens with one attached hydrogen (secondary N) is 1. The van der Waals surface area contributed by atoms with E-state index in [1.807, 2.05) is 12.3 Å². The molecule has 1 saturated carbocycles. The van der Waals surface area contributed by atoms with E-state index in [1.165, 1.54) is 38.8 Å². The molecule has 4 aliphatic rings. The van der Waals surface area contributed by atoms with Crippen LogP contribution in [0.15, 0.2) is 16.7 Å². The largest absolute Gasteiger partial charge is 0.346 e. The molecule has 1 aliphatic carbocycles. The second-order valence-electron chi connectivity index (χ2n) is 6.40. The number of amides is 1. The van der Waals surface area contributed by atoms with E-state index >= 15 is 0 Å². The van der Waals surface area contributed by atoms with Gasteiger partial charge >= 0.3 is 0 Å². The fourth-order valence-corrected chi connectivity index (χ4v) is 4.09. The van der Waals surface area contributed by atoms with Gasteiger partial charge in [0, 0.05) is 29.3 Å². The summed E-state index contributed by atoms with van der Waals surface area (Å²) in [7, 11) is 0. The van der Waals surface area contributed by atoms with Gasteiger partial charge in [-0.3, -0.25) is 4.79 Å². The van der Waals surface area contributed by atoms with Crippen molar-refractivity contribution in [3.8, 4) is 0 Å². The molecule has 3 saturated heterocycles. The fraction of sp³-hybridized carbons (Fsp3) is 0.667. The summed E-state index contributed by atoms with van der Waals surface area (Å²) >= 11 is 3.50. The zero-order valence-corrected chi connectivity index (χ0v) is 13.1. The van der Waals surface area contributed by atoms with E-state index in [9.17, 15) is 4.79 Å². The number of hydrogen-bond acceptors (Lipinski definition) is 2. The minimum absolute atomic E-state index is 0.0985. The highest BCUT2D eigenvalue weighted by atomic mass is 79.9. The van der Waals surface area contributed by atoms with E-state index in [0.29, 0.717) is 18.0 Å². The van der Waals surface area contributed by atoms with Gasteiger partial charge in [-0.1, -0.05) is 0 Å². The lowest BCUT2D eigenvalue weighted by molar-refractivity contribution is 0.0615. The number of piperidine rings is 3. The normalized spacial score (nSPS) is 32.4. The fourth-order valence-electron chi connectivity index (χ4n) is 3.65. The zero-order valence-electron chi connectivity index (χ0n) is 11.5. The van der Waals surface area contributed by atoms with Crippen LogP contribution in [0, 0.1) is 5.92 Å². The van der Waals surface area contributed by atoms with E-state index in [2.05, 4.69) is 30.7 Å². The molecular formula is C15H20BrN3O. The maximum absolute atomic E-state index is 12.6. The van der Waals surface area contributed by atoms with Crippen molar-refractivity contribution in [2.45, 2.75) is 37.8 Å². The summed E-state index contributed by atoms with van der Waals surface area (Å²) in [6.07, 6.45) is 6.90. The lowest BCUT2D eigenvalue weighted by atomic mass is 9.84. The molecule has 1 aromatic rings. The van der Waals surface area contributed by atoms with Gasteiger partial charge in [-0.25, -0.2) is 0 Å². The summed E-state index contributed by atoms with van der Waals surface area (Å²) in [5.74, 6) is 0.776. The molecule has 1 atom stereocenters. The van der Waals surface area contributed by atoms with E-state index in [-0.39, 0.29) is 5.91 Å². The van der Waals surface area contributed by atoms with Crippen LogP contribution >= 0.6 is 15.9 Å². The highest BCUT2D eigenvalue weighted by Crippen LogP contribution is 2.37. The van der Waals surface area contributed by atoms with Gasteiger partial charge < -0.3 is 14.8 Å². The van der Waals surface area contributed by atoms with Crippen LogP contribution in [0.5, 0.6) is 0 Å².